The third kappa shape index (κ3) is 7.65. The van der Waals surface area contributed by atoms with Crippen molar-refractivity contribution < 1.29 is 34.6 Å². The molecule has 33 heavy (non-hydrogen) atoms. The fourth-order valence-electron chi connectivity index (χ4n) is 4.15. The zero-order chi connectivity index (χ0) is 24.5. The number of hydrogen-bond donors (Lipinski definition) is 3. The number of aliphatic carboxylic acids is 2. The first-order valence-corrected chi connectivity index (χ1v) is 10.7. The van der Waals surface area contributed by atoms with E-state index >= 15 is 0 Å². The van der Waals surface area contributed by atoms with Crippen molar-refractivity contribution in [2.24, 2.45) is 0 Å². The maximum atomic E-state index is 12.7. The number of carboxylic acids is 2. The van der Waals surface area contributed by atoms with Crippen molar-refractivity contribution in [2.45, 2.75) is 50.3 Å². The minimum Gasteiger partial charge on any atom is -0.478 e. The average molecular weight is 463 g/mol. The van der Waals surface area contributed by atoms with Gasteiger partial charge in [-0.05, 0) is 25.0 Å². The molecule has 11 nitrogen and oxygen atoms in total. The summed E-state index contributed by atoms with van der Waals surface area (Å²) in [5, 5.41) is 36.8. The van der Waals surface area contributed by atoms with E-state index in [1.807, 2.05) is 0 Å². The van der Waals surface area contributed by atoms with Gasteiger partial charge in [-0.3, -0.25) is 19.8 Å². The van der Waals surface area contributed by atoms with Crippen molar-refractivity contribution in [3.8, 4) is 0 Å². The van der Waals surface area contributed by atoms with Gasteiger partial charge in [0, 0.05) is 56.0 Å². The molecular weight excluding hydrogens is 434 g/mol. The molecule has 1 amide bonds. The zero-order valence-corrected chi connectivity index (χ0v) is 18.4. The number of carbonyl (C=O) groups is 3. The second-order valence-corrected chi connectivity index (χ2v) is 8.11. The maximum Gasteiger partial charge on any atom is 0.328 e. The number of carboxylic acid groups (broad SMARTS) is 2. The van der Waals surface area contributed by atoms with E-state index in [4.69, 9.17) is 10.2 Å². The lowest BCUT2D eigenvalue weighted by atomic mass is 9.94. The molecule has 180 valence electrons. The van der Waals surface area contributed by atoms with Gasteiger partial charge in [0.2, 0.25) is 0 Å². The molecule has 2 fully saturated rings. The molecule has 1 aromatic rings. The normalized spacial score (nSPS) is 21.3. The predicted molar refractivity (Wildman–Crippen MR) is 118 cm³/mol. The first-order chi connectivity index (χ1) is 15.6. The third-order valence-electron chi connectivity index (χ3n) is 5.89. The summed E-state index contributed by atoms with van der Waals surface area (Å²) in [6.45, 7) is 1.29. The Bertz CT molecular complexity index is 864. The second kappa shape index (κ2) is 12.1. The number of non-ortho nitro benzene ring substituents is 1. The minimum absolute atomic E-state index is 0.0384. The molecule has 0 radical (unpaired) electrons. The summed E-state index contributed by atoms with van der Waals surface area (Å²) in [4.78, 5) is 45.9. The molecule has 1 aromatic carbocycles. The van der Waals surface area contributed by atoms with Crippen LogP contribution in [-0.4, -0.2) is 86.2 Å². The molecule has 2 aliphatic rings. The van der Waals surface area contributed by atoms with Crippen LogP contribution < -0.4 is 0 Å². The van der Waals surface area contributed by atoms with E-state index in [-0.39, 0.29) is 17.6 Å². The summed E-state index contributed by atoms with van der Waals surface area (Å²) in [6.07, 6.45) is 6.64. The number of nitro groups is 1. The van der Waals surface area contributed by atoms with Crippen LogP contribution in [0.1, 0.15) is 42.5 Å². The number of hydrogen-bond acceptors (Lipinski definition) is 7. The first-order valence-electron chi connectivity index (χ1n) is 10.7. The van der Waals surface area contributed by atoms with Crippen molar-refractivity contribution in [1.29, 1.82) is 0 Å². The Labute approximate surface area is 191 Å². The largest absolute Gasteiger partial charge is 0.478 e. The van der Waals surface area contributed by atoms with Crippen molar-refractivity contribution in [2.75, 3.05) is 20.1 Å². The van der Waals surface area contributed by atoms with Crippen molar-refractivity contribution >= 4 is 23.5 Å². The first kappa shape index (κ1) is 25.9. The zero-order valence-electron chi connectivity index (χ0n) is 18.4. The van der Waals surface area contributed by atoms with E-state index in [2.05, 4.69) is 4.90 Å². The highest BCUT2D eigenvalue weighted by Crippen LogP contribution is 2.27. The molecule has 2 atom stereocenters. The van der Waals surface area contributed by atoms with E-state index in [0.717, 1.165) is 0 Å². The average Bonchev–Trinajstić information content (AvgIpc) is 3.19. The Kier molecular flexibility index (Phi) is 9.49. The molecule has 1 heterocycles. The van der Waals surface area contributed by atoms with Crippen LogP contribution in [0.4, 0.5) is 5.69 Å². The lowest BCUT2D eigenvalue weighted by Gasteiger charge is -2.31. The smallest absolute Gasteiger partial charge is 0.328 e. The van der Waals surface area contributed by atoms with Crippen LogP contribution in [0.2, 0.25) is 0 Å². The number of aliphatic hydroxyl groups is 1. The number of nitro benzene ring substituents is 1. The molecule has 1 saturated carbocycles. The molecule has 11 heteroatoms. The molecular formula is C22H29N3O8. The number of benzene rings is 1. The topological polar surface area (TPSA) is 162 Å². The molecule has 1 aliphatic heterocycles. The van der Waals surface area contributed by atoms with E-state index in [1.54, 1.807) is 11.9 Å². The highest BCUT2D eigenvalue weighted by atomic mass is 16.6. The predicted octanol–water partition coefficient (Wildman–Crippen LogP) is 1.76. The van der Waals surface area contributed by atoms with Gasteiger partial charge in [-0.1, -0.05) is 19.3 Å². The fourth-order valence-corrected chi connectivity index (χ4v) is 4.15. The van der Waals surface area contributed by atoms with Gasteiger partial charge < -0.3 is 20.2 Å². The summed E-state index contributed by atoms with van der Waals surface area (Å²) >= 11 is 0. The molecule has 1 saturated heterocycles. The highest BCUT2D eigenvalue weighted by Gasteiger charge is 2.39. The number of likely N-dealkylation sites (N-methyl/N-ethyl adjacent to an activating group) is 1. The molecule has 0 aromatic heterocycles. The number of β-amino-alcohol motifs (C(OH)–C–C–N with tert-alkyl or cyclic N) is 1. The Morgan fingerprint density at radius 1 is 1.03 bits per heavy atom. The van der Waals surface area contributed by atoms with Gasteiger partial charge >= 0.3 is 11.9 Å². The number of amides is 1. The molecule has 0 spiro atoms. The van der Waals surface area contributed by atoms with Gasteiger partial charge in [-0.25, -0.2) is 9.59 Å². The Morgan fingerprint density at radius 2 is 1.58 bits per heavy atom. The third-order valence-corrected chi connectivity index (χ3v) is 5.89. The van der Waals surface area contributed by atoms with Gasteiger partial charge in [-0.2, -0.15) is 0 Å². The van der Waals surface area contributed by atoms with Crippen LogP contribution in [0.15, 0.2) is 36.4 Å². The fraction of sp³-hybridized carbons (Fsp3) is 0.500. The summed E-state index contributed by atoms with van der Waals surface area (Å²) in [6, 6.07) is 5.87. The molecule has 3 N–H and O–H groups in total. The number of carbonyl (C=O) groups excluding carboxylic acids is 1. The second-order valence-electron chi connectivity index (χ2n) is 8.11. The standard InChI is InChI=1S/C18H25N3O4.C4H4O4/c1-19(18(23)13-7-9-15(10-8-13)21(24)25)16-11-20(12-17(16)22)14-5-3-2-4-6-14;5-3(6)1-2-4(7)8/h7-10,14,16-17,22H,2-6,11-12H2,1H3;1-2H,(H,5,6)(H,7,8)/b;2-1+/t16-,17-;/m1./s1. The number of rotatable bonds is 6. The minimum atomic E-state index is -1.26. The number of nitrogens with zero attached hydrogens (tertiary/aromatic N) is 3. The van der Waals surface area contributed by atoms with Crippen LogP contribution in [0.5, 0.6) is 0 Å². The van der Waals surface area contributed by atoms with E-state index in [0.29, 0.717) is 36.8 Å². The van der Waals surface area contributed by atoms with Crippen LogP contribution in [0, 0.1) is 10.1 Å². The monoisotopic (exact) mass is 463 g/mol. The summed E-state index contributed by atoms with van der Waals surface area (Å²) in [5.74, 6) is -2.73. The summed E-state index contributed by atoms with van der Waals surface area (Å²) < 4.78 is 0. The van der Waals surface area contributed by atoms with Gasteiger partial charge in [0.15, 0.2) is 0 Å². The van der Waals surface area contributed by atoms with E-state index in [9.17, 15) is 29.6 Å². The Balaban J connectivity index is 0.000000414. The van der Waals surface area contributed by atoms with E-state index in [1.165, 1.54) is 56.4 Å². The van der Waals surface area contributed by atoms with E-state index < -0.39 is 23.0 Å². The number of aliphatic hydroxyl groups excluding tert-OH is 1. The van der Waals surface area contributed by atoms with Crippen LogP contribution >= 0.6 is 0 Å². The van der Waals surface area contributed by atoms with Gasteiger partial charge in [-0.15, -0.1) is 0 Å². The summed E-state index contributed by atoms with van der Waals surface area (Å²) in [5.41, 5.74) is 0.361. The van der Waals surface area contributed by atoms with Crippen molar-refractivity contribution in [3.05, 3.63) is 52.1 Å². The maximum absolute atomic E-state index is 12.7. The Hall–Kier alpha value is -3.31. The van der Waals surface area contributed by atoms with Crippen LogP contribution in [0.3, 0.4) is 0 Å². The van der Waals surface area contributed by atoms with Gasteiger partial charge in [0.05, 0.1) is 17.1 Å². The Morgan fingerprint density at radius 3 is 2.06 bits per heavy atom. The quantitative estimate of drug-likeness (QED) is 0.324. The number of likely N-dealkylation sites (tertiary alicyclic amines) is 1. The summed E-state index contributed by atoms with van der Waals surface area (Å²) in [7, 11) is 1.70. The lowest BCUT2D eigenvalue weighted by molar-refractivity contribution is -0.384. The van der Waals surface area contributed by atoms with Gasteiger partial charge in [0.1, 0.15) is 0 Å². The van der Waals surface area contributed by atoms with Gasteiger partial charge in [0.25, 0.3) is 11.6 Å². The molecule has 0 unspecified atom stereocenters. The van der Waals surface area contributed by atoms with Crippen LogP contribution in [0.25, 0.3) is 0 Å². The van der Waals surface area contributed by atoms with Crippen LogP contribution in [-0.2, 0) is 9.59 Å². The van der Waals surface area contributed by atoms with Crippen molar-refractivity contribution in [3.63, 3.8) is 0 Å². The molecule has 3 rings (SSSR count). The molecule has 1 aliphatic carbocycles. The SMILES string of the molecule is CN(C(=O)c1ccc([N+](=O)[O-])cc1)[C@@H]1CN(C2CCCCC2)C[C@H]1O.O=C(O)/C=C/C(=O)O. The van der Waals surface area contributed by atoms with Crippen molar-refractivity contribution in [1.82, 2.24) is 9.80 Å². The highest BCUT2D eigenvalue weighted by molar-refractivity contribution is 5.94. The molecule has 0 bridgehead atoms. The lowest BCUT2D eigenvalue weighted by Crippen LogP contribution is -2.44.